The molecule has 4 rings (SSSR count). The maximum absolute atomic E-state index is 12.3. The molecule has 1 unspecified atom stereocenters. The number of aromatic nitrogens is 2. The maximum atomic E-state index is 12.3. The van der Waals surface area contributed by atoms with Crippen LogP contribution in [0, 0.1) is 0 Å². The second-order valence-electron chi connectivity index (χ2n) is 6.54. The van der Waals surface area contributed by atoms with Crippen molar-refractivity contribution in [1.82, 2.24) is 14.9 Å². The Bertz CT molecular complexity index is 1010. The number of nitrogens with zero attached hydrogens (tertiary/aromatic N) is 2. The third kappa shape index (κ3) is 3.58. The monoisotopic (exact) mass is 357 g/mol. The summed E-state index contributed by atoms with van der Waals surface area (Å²) in [5.74, 6) is -0.136. The number of nitrogens with one attached hydrogen (secondary N) is 1. The Kier molecular flexibility index (Phi) is 4.66. The largest absolute Gasteiger partial charge is 0.346 e. The molecule has 3 aromatic rings. The van der Waals surface area contributed by atoms with Crippen LogP contribution in [0.15, 0.2) is 67.3 Å². The number of aldehydes is 1. The number of carbonyl (C=O) groups is 2. The average molecular weight is 357 g/mol. The van der Waals surface area contributed by atoms with Crippen molar-refractivity contribution >= 4 is 18.3 Å². The van der Waals surface area contributed by atoms with Crippen LogP contribution in [0.2, 0.25) is 0 Å². The number of aryl methyl sites for hydroxylation is 1. The molecule has 0 saturated heterocycles. The highest BCUT2D eigenvalue weighted by atomic mass is 16.1. The Labute approximate surface area is 157 Å². The number of amides is 1. The first-order valence-corrected chi connectivity index (χ1v) is 8.88. The summed E-state index contributed by atoms with van der Waals surface area (Å²) < 4.78 is 1.78. The Hall–Kier alpha value is -3.47. The van der Waals surface area contributed by atoms with Gasteiger partial charge in [-0.15, -0.1) is 0 Å². The minimum atomic E-state index is -0.136. The molecular formula is C22H19N3O2. The number of hydrogen-bond acceptors (Lipinski definition) is 3. The van der Waals surface area contributed by atoms with Gasteiger partial charge in [0.25, 0.3) is 0 Å². The number of benzene rings is 2. The first-order valence-electron chi connectivity index (χ1n) is 8.88. The maximum Gasteiger partial charge on any atom is 0.244 e. The molecule has 1 N–H and O–H groups in total. The zero-order chi connectivity index (χ0) is 18.6. The van der Waals surface area contributed by atoms with E-state index in [0.29, 0.717) is 5.56 Å². The van der Waals surface area contributed by atoms with Gasteiger partial charge >= 0.3 is 0 Å². The van der Waals surface area contributed by atoms with Gasteiger partial charge in [0, 0.05) is 24.0 Å². The molecule has 0 spiro atoms. The van der Waals surface area contributed by atoms with E-state index in [9.17, 15) is 9.59 Å². The molecule has 1 aliphatic carbocycles. The van der Waals surface area contributed by atoms with E-state index in [-0.39, 0.29) is 11.9 Å². The minimum Gasteiger partial charge on any atom is -0.346 e. The molecule has 0 aliphatic heterocycles. The van der Waals surface area contributed by atoms with Crippen molar-refractivity contribution in [3.05, 3.63) is 89.5 Å². The number of rotatable bonds is 5. The molecule has 1 aromatic heterocycles. The lowest BCUT2D eigenvalue weighted by Gasteiger charge is -2.12. The van der Waals surface area contributed by atoms with Crippen LogP contribution in [0.25, 0.3) is 11.8 Å². The van der Waals surface area contributed by atoms with Gasteiger partial charge in [0.15, 0.2) is 6.29 Å². The third-order valence-corrected chi connectivity index (χ3v) is 4.84. The van der Waals surface area contributed by atoms with Crippen molar-refractivity contribution in [3.63, 3.8) is 0 Å². The highest BCUT2D eigenvalue weighted by molar-refractivity contribution is 5.92. The summed E-state index contributed by atoms with van der Waals surface area (Å²) in [5, 5.41) is 3.06. The second-order valence-corrected chi connectivity index (χ2v) is 6.54. The van der Waals surface area contributed by atoms with Gasteiger partial charge < -0.3 is 9.88 Å². The summed E-state index contributed by atoms with van der Waals surface area (Å²) in [6.07, 6.45) is 11.0. The van der Waals surface area contributed by atoms with Gasteiger partial charge in [-0.3, -0.25) is 9.59 Å². The summed E-state index contributed by atoms with van der Waals surface area (Å²) in [5.41, 5.74) is 4.60. The predicted octanol–water partition coefficient (Wildman–Crippen LogP) is 3.50. The molecule has 0 saturated carbocycles. The summed E-state index contributed by atoms with van der Waals surface area (Å²) in [6, 6.07) is 13.8. The number of carbonyl (C=O) groups excluding carboxylic acids is 2. The fourth-order valence-corrected chi connectivity index (χ4v) is 3.51. The standard InChI is InChI=1S/C22H19N3O2/c26-14-18-13-16(5-9-21(18)25-12-11-23-15-25)6-10-22(27)24-20-8-7-17-3-1-2-4-19(17)20/h1-6,9-15,20H,7-8H2,(H,24,27). The molecule has 0 bridgehead atoms. The van der Waals surface area contributed by atoms with Crippen molar-refractivity contribution < 1.29 is 9.59 Å². The molecule has 2 aromatic carbocycles. The van der Waals surface area contributed by atoms with E-state index in [0.717, 1.165) is 30.4 Å². The highest BCUT2D eigenvalue weighted by Gasteiger charge is 2.22. The second kappa shape index (κ2) is 7.41. The molecule has 0 radical (unpaired) electrons. The van der Waals surface area contributed by atoms with E-state index in [1.54, 1.807) is 35.4 Å². The van der Waals surface area contributed by atoms with Gasteiger partial charge in [-0.25, -0.2) is 4.98 Å². The molecule has 5 nitrogen and oxygen atoms in total. The molecule has 1 heterocycles. The summed E-state index contributed by atoms with van der Waals surface area (Å²) in [4.78, 5) is 27.7. The SMILES string of the molecule is O=Cc1cc(C=CC(=O)NC2CCc3ccccc32)ccc1-n1ccnc1. The van der Waals surface area contributed by atoms with Crippen molar-refractivity contribution in [2.24, 2.45) is 0 Å². The average Bonchev–Trinajstić information content (AvgIpc) is 3.37. The Morgan fingerprint density at radius 1 is 1.22 bits per heavy atom. The molecule has 1 amide bonds. The molecule has 0 fully saturated rings. The number of hydrogen-bond donors (Lipinski definition) is 1. The van der Waals surface area contributed by atoms with E-state index < -0.39 is 0 Å². The van der Waals surface area contributed by atoms with Gasteiger partial charge in [0.2, 0.25) is 5.91 Å². The Morgan fingerprint density at radius 3 is 2.93 bits per heavy atom. The normalized spacial score (nSPS) is 15.6. The van der Waals surface area contributed by atoms with Crippen molar-refractivity contribution in [1.29, 1.82) is 0 Å². The fraction of sp³-hybridized carbons (Fsp3) is 0.136. The topological polar surface area (TPSA) is 64.0 Å². The lowest BCUT2D eigenvalue weighted by molar-refractivity contribution is -0.117. The first kappa shape index (κ1) is 17.0. The zero-order valence-corrected chi connectivity index (χ0v) is 14.7. The van der Waals surface area contributed by atoms with Gasteiger partial charge in [-0.2, -0.15) is 0 Å². The minimum absolute atomic E-state index is 0.0625. The quantitative estimate of drug-likeness (QED) is 0.561. The van der Waals surface area contributed by atoms with Crippen molar-refractivity contribution in [2.75, 3.05) is 0 Å². The number of fused-ring (bicyclic) bond motifs is 1. The highest BCUT2D eigenvalue weighted by Crippen LogP contribution is 2.30. The van der Waals surface area contributed by atoms with Crippen molar-refractivity contribution in [2.45, 2.75) is 18.9 Å². The van der Waals surface area contributed by atoms with Crippen LogP contribution < -0.4 is 5.32 Å². The van der Waals surface area contributed by atoms with Crippen LogP contribution >= 0.6 is 0 Å². The predicted molar refractivity (Wildman–Crippen MR) is 104 cm³/mol. The molecule has 1 aliphatic rings. The van der Waals surface area contributed by atoms with Crippen LogP contribution in [0.4, 0.5) is 0 Å². The summed E-state index contributed by atoms with van der Waals surface area (Å²) >= 11 is 0. The van der Waals surface area contributed by atoms with Crippen molar-refractivity contribution in [3.8, 4) is 5.69 Å². The molecule has 1 atom stereocenters. The number of imidazole rings is 1. The molecular weight excluding hydrogens is 338 g/mol. The van der Waals surface area contributed by atoms with Gasteiger partial charge in [-0.05, 0) is 47.7 Å². The lowest BCUT2D eigenvalue weighted by atomic mass is 10.1. The van der Waals surface area contributed by atoms with E-state index in [1.807, 2.05) is 24.3 Å². The van der Waals surface area contributed by atoms with Crippen LogP contribution in [0.1, 0.15) is 39.5 Å². The fourth-order valence-electron chi connectivity index (χ4n) is 3.51. The zero-order valence-electron chi connectivity index (χ0n) is 14.7. The third-order valence-electron chi connectivity index (χ3n) is 4.84. The smallest absolute Gasteiger partial charge is 0.244 e. The van der Waals surface area contributed by atoms with E-state index in [2.05, 4.69) is 22.4 Å². The van der Waals surface area contributed by atoms with Gasteiger partial charge in [0.1, 0.15) is 0 Å². The van der Waals surface area contributed by atoms with Gasteiger partial charge in [-0.1, -0.05) is 30.3 Å². The van der Waals surface area contributed by atoms with Crippen LogP contribution in [0.5, 0.6) is 0 Å². The van der Waals surface area contributed by atoms with E-state index >= 15 is 0 Å². The van der Waals surface area contributed by atoms with E-state index in [4.69, 9.17) is 0 Å². The molecule has 134 valence electrons. The van der Waals surface area contributed by atoms with E-state index in [1.165, 1.54) is 17.2 Å². The van der Waals surface area contributed by atoms with Gasteiger partial charge in [0.05, 0.1) is 18.1 Å². The molecule has 27 heavy (non-hydrogen) atoms. The van der Waals surface area contributed by atoms with Crippen LogP contribution in [-0.4, -0.2) is 21.7 Å². The first-order chi connectivity index (χ1) is 13.2. The Balaban J connectivity index is 1.47. The summed E-state index contributed by atoms with van der Waals surface area (Å²) in [7, 11) is 0. The lowest BCUT2D eigenvalue weighted by Crippen LogP contribution is -2.25. The summed E-state index contributed by atoms with van der Waals surface area (Å²) in [6.45, 7) is 0. The van der Waals surface area contributed by atoms with Crippen LogP contribution in [0.3, 0.4) is 0 Å². The molecule has 5 heteroatoms. The van der Waals surface area contributed by atoms with Crippen LogP contribution in [-0.2, 0) is 11.2 Å². The Morgan fingerprint density at radius 2 is 2.11 bits per heavy atom.